The fourth-order valence-corrected chi connectivity index (χ4v) is 2.28. The van der Waals surface area contributed by atoms with E-state index >= 15 is 0 Å². The minimum atomic E-state index is 0.218. The molecule has 1 amide bonds. The summed E-state index contributed by atoms with van der Waals surface area (Å²) in [5, 5.41) is 6.33. The Morgan fingerprint density at radius 2 is 2.13 bits per heavy atom. The van der Waals surface area contributed by atoms with Crippen molar-refractivity contribution in [1.82, 2.24) is 10.6 Å². The summed E-state index contributed by atoms with van der Waals surface area (Å²) in [5.74, 6) is 0.753. The maximum absolute atomic E-state index is 11.7. The van der Waals surface area contributed by atoms with Crippen molar-refractivity contribution in [2.75, 3.05) is 26.3 Å². The Kier molecular flexibility index (Phi) is 3.97. The summed E-state index contributed by atoms with van der Waals surface area (Å²) < 4.78 is 5.27. The third-order valence-corrected chi connectivity index (χ3v) is 3.24. The molecule has 0 aliphatic carbocycles. The van der Waals surface area contributed by atoms with Gasteiger partial charge in [0, 0.05) is 32.2 Å². The number of amides is 1. The molecule has 86 valence electrons. The Labute approximate surface area is 90.8 Å². The molecule has 0 saturated carbocycles. The van der Waals surface area contributed by atoms with Crippen molar-refractivity contribution in [1.29, 1.82) is 0 Å². The Hall–Kier alpha value is -0.610. The van der Waals surface area contributed by atoms with E-state index in [2.05, 4.69) is 10.6 Å². The van der Waals surface area contributed by atoms with Crippen LogP contribution in [0.2, 0.25) is 0 Å². The van der Waals surface area contributed by atoms with Crippen molar-refractivity contribution in [2.45, 2.75) is 31.7 Å². The molecule has 0 spiro atoms. The molecule has 2 fully saturated rings. The molecule has 2 heterocycles. The van der Waals surface area contributed by atoms with Crippen LogP contribution in [-0.2, 0) is 9.53 Å². The maximum Gasteiger partial charge on any atom is 0.220 e. The number of rotatable bonds is 3. The predicted molar refractivity (Wildman–Crippen MR) is 57.6 cm³/mol. The predicted octanol–water partition coefficient (Wildman–Crippen LogP) is 0.281. The van der Waals surface area contributed by atoms with Gasteiger partial charge < -0.3 is 15.4 Å². The Morgan fingerprint density at radius 1 is 1.33 bits per heavy atom. The number of nitrogens with one attached hydrogen (secondary N) is 2. The van der Waals surface area contributed by atoms with Crippen molar-refractivity contribution >= 4 is 5.91 Å². The molecule has 15 heavy (non-hydrogen) atoms. The fourth-order valence-electron chi connectivity index (χ4n) is 2.28. The van der Waals surface area contributed by atoms with Gasteiger partial charge in [-0.1, -0.05) is 0 Å². The molecule has 4 nitrogen and oxygen atoms in total. The van der Waals surface area contributed by atoms with E-state index in [1.165, 1.54) is 0 Å². The lowest BCUT2D eigenvalue weighted by Gasteiger charge is -2.22. The molecule has 1 atom stereocenters. The third-order valence-electron chi connectivity index (χ3n) is 3.24. The van der Waals surface area contributed by atoms with Crippen LogP contribution in [-0.4, -0.2) is 38.3 Å². The van der Waals surface area contributed by atoms with Crippen LogP contribution < -0.4 is 10.6 Å². The summed E-state index contributed by atoms with van der Waals surface area (Å²) in [4.78, 5) is 11.7. The van der Waals surface area contributed by atoms with Gasteiger partial charge in [-0.3, -0.25) is 4.79 Å². The lowest BCUT2D eigenvalue weighted by molar-refractivity contribution is -0.123. The van der Waals surface area contributed by atoms with Crippen LogP contribution >= 0.6 is 0 Å². The zero-order valence-electron chi connectivity index (χ0n) is 9.13. The van der Waals surface area contributed by atoms with Crippen molar-refractivity contribution in [2.24, 2.45) is 5.92 Å². The van der Waals surface area contributed by atoms with Crippen LogP contribution in [0, 0.1) is 5.92 Å². The van der Waals surface area contributed by atoms with Gasteiger partial charge in [0.2, 0.25) is 5.91 Å². The Morgan fingerprint density at radius 3 is 2.80 bits per heavy atom. The van der Waals surface area contributed by atoms with Gasteiger partial charge in [0.15, 0.2) is 0 Å². The molecular weight excluding hydrogens is 192 g/mol. The van der Waals surface area contributed by atoms with Gasteiger partial charge in [-0.05, 0) is 31.7 Å². The van der Waals surface area contributed by atoms with Gasteiger partial charge in [-0.15, -0.1) is 0 Å². The largest absolute Gasteiger partial charge is 0.381 e. The first-order valence-corrected chi connectivity index (χ1v) is 5.92. The molecule has 2 aliphatic rings. The molecule has 0 bridgehead atoms. The second kappa shape index (κ2) is 5.47. The van der Waals surface area contributed by atoms with Crippen molar-refractivity contribution in [3.8, 4) is 0 Å². The molecule has 0 aromatic heterocycles. The fraction of sp³-hybridized carbons (Fsp3) is 0.909. The van der Waals surface area contributed by atoms with Gasteiger partial charge in [0.05, 0.1) is 0 Å². The molecule has 1 unspecified atom stereocenters. The maximum atomic E-state index is 11.7. The molecule has 0 aromatic carbocycles. The average Bonchev–Trinajstić information content (AvgIpc) is 2.71. The van der Waals surface area contributed by atoms with E-state index in [0.717, 1.165) is 45.6 Å². The molecule has 2 rings (SSSR count). The zero-order chi connectivity index (χ0) is 10.5. The number of carbonyl (C=O) groups is 1. The number of hydrogen-bond donors (Lipinski definition) is 2. The van der Waals surface area contributed by atoms with Crippen LogP contribution in [0.1, 0.15) is 25.7 Å². The van der Waals surface area contributed by atoms with Crippen LogP contribution in [0.25, 0.3) is 0 Å². The molecule has 2 N–H and O–H groups in total. The molecule has 2 aliphatic heterocycles. The van der Waals surface area contributed by atoms with E-state index in [1.807, 2.05) is 0 Å². The topological polar surface area (TPSA) is 50.4 Å². The smallest absolute Gasteiger partial charge is 0.220 e. The summed E-state index contributed by atoms with van der Waals surface area (Å²) in [6, 6.07) is 0.359. The first kappa shape index (κ1) is 10.9. The summed E-state index contributed by atoms with van der Waals surface area (Å²) >= 11 is 0. The van der Waals surface area contributed by atoms with E-state index in [1.54, 1.807) is 0 Å². The highest BCUT2D eigenvalue weighted by Gasteiger charge is 2.20. The van der Waals surface area contributed by atoms with Gasteiger partial charge in [0.25, 0.3) is 0 Å². The van der Waals surface area contributed by atoms with Gasteiger partial charge in [0.1, 0.15) is 0 Å². The zero-order valence-corrected chi connectivity index (χ0v) is 9.13. The molecule has 2 saturated heterocycles. The van der Waals surface area contributed by atoms with E-state index < -0.39 is 0 Å². The van der Waals surface area contributed by atoms with Crippen LogP contribution in [0.3, 0.4) is 0 Å². The first-order chi connectivity index (χ1) is 7.34. The minimum absolute atomic E-state index is 0.218. The van der Waals surface area contributed by atoms with Crippen LogP contribution in [0.4, 0.5) is 0 Å². The van der Waals surface area contributed by atoms with Gasteiger partial charge in [-0.2, -0.15) is 0 Å². The van der Waals surface area contributed by atoms with Gasteiger partial charge >= 0.3 is 0 Å². The van der Waals surface area contributed by atoms with Crippen LogP contribution in [0.5, 0.6) is 0 Å². The lowest BCUT2D eigenvalue weighted by atomic mass is 9.96. The van der Waals surface area contributed by atoms with E-state index in [4.69, 9.17) is 4.74 Å². The van der Waals surface area contributed by atoms with E-state index in [0.29, 0.717) is 18.4 Å². The van der Waals surface area contributed by atoms with Crippen molar-refractivity contribution in [3.63, 3.8) is 0 Å². The molecular formula is C11H20N2O2. The Bertz CT molecular complexity index is 209. The van der Waals surface area contributed by atoms with Crippen molar-refractivity contribution < 1.29 is 9.53 Å². The summed E-state index contributed by atoms with van der Waals surface area (Å²) in [6.45, 7) is 3.60. The quantitative estimate of drug-likeness (QED) is 0.706. The van der Waals surface area contributed by atoms with Gasteiger partial charge in [-0.25, -0.2) is 0 Å². The lowest BCUT2D eigenvalue weighted by Crippen LogP contribution is -2.37. The second-order valence-corrected chi connectivity index (χ2v) is 4.52. The van der Waals surface area contributed by atoms with E-state index in [9.17, 15) is 4.79 Å². The highest BCUT2D eigenvalue weighted by Crippen LogP contribution is 2.18. The van der Waals surface area contributed by atoms with Crippen LogP contribution in [0.15, 0.2) is 0 Å². The number of ether oxygens (including phenoxy) is 1. The Balaban J connectivity index is 1.66. The van der Waals surface area contributed by atoms with Crippen molar-refractivity contribution in [3.05, 3.63) is 0 Å². The second-order valence-electron chi connectivity index (χ2n) is 4.52. The third kappa shape index (κ3) is 3.47. The number of carbonyl (C=O) groups excluding carboxylic acids is 1. The number of hydrogen-bond acceptors (Lipinski definition) is 3. The minimum Gasteiger partial charge on any atom is -0.381 e. The molecule has 0 aromatic rings. The highest BCUT2D eigenvalue weighted by atomic mass is 16.5. The summed E-state index contributed by atoms with van der Waals surface area (Å²) in [5.41, 5.74) is 0. The monoisotopic (exact) mass is 212 g/mol. The molecule has 0 radical (unpaired) electrons. The highest BCUT2D eigenvalue weighted by molar-refractivity contribution is 5.76. The normalized spacial score (nSPS) is 27.9. The standard InChI is InChI=1S/C11H20N2O2/c14-11(13-10-1-4-12-8-10)7-9-2-5-15-6-3-9/h9-10,12H,1-8H2,(H,13,14). The SMILES string of the molecule is O=C(CC1CCOCC1)NC1CCNC1. The average molecular weight is 212 g/mol. The summed E-state index contributed by atoms with van der Waals surface area (Å²) in [6.07, 6.45) is 3.83. The van der Waals surface area contributed by atoms with E-state index in [-0.39, 0.29) is 5.91 Å². The first-order valence-electron chi connectivity index (χ1n) is 5.92. The summed E-state index contributed by atoms with van der Waals surface area (Å²) in [7, 11) is 0. The molecule has 4 heteroatoms.